The largest absolute Gasteiger partial charge is 0.380 e. The summed E-state index contributed by atoms with van der Waals surface area (Å²) in [5.74, 6) is 0. The van der Waals surface area contributed by atoms with Gasteiger partial charge in [-0.25, -0.2) is 0 Å². The van der Waals surface area contributed by atoms with Gasteiger partial charge in [-0.05, 0) is 32.9 Å². The van der Waals surface area contributed by atoms with Crippen LogP contribution in [0, 0.1) is 10.1 Å². The van der Waals surface area contributed by atoms with Crippen LogP contribution < -0.4 is 10.2 Å². The Morgan fingerprint density at radius 3 is 2.60 bits per heavy atom. The maximum atomic E-state index is 11.4. The normalized spacial score (nSPS) is 22.6. The van der Waals surface area contributed by atoms with Gasteiger partial charge in [-0.15, -0.1) is 0 Å². The molecule has 1 aromatic carbocycles. The number of nitrogens with zero attached hydrogens (tertiary/aromatic N) is 2. The highest BCUT2D eigenvalue weighted by atomic mass is 16.6. The van der Waals surface area contributed by atoms with Crippen molar-refractivity contribution in [2.75, 3.05) is 29.9 Å². The Labute approximate surface area is 118 Å². The maximum Gasteiger partial charge on any atom is 0.315 e. The molecule has 1 aliphatic heterocycles. The van der Waals surface area contributed by atoms with Crippen molar-refractivity contribution in [1.29, 1.82) is 0 Å². The summed E-state index contributed by atoms with van der Waals surface area (Å²) in [5.41, 5.74) is 1.38. The predicted molar refractivity (Wildman–Crippen MR) is 79.5 cm³/mol. The Hall–Kier alpha value is -1.82. The number of hydrogen-bond donors (Lipinski definition) is 1. The third kappa shape index (κ3) is 3.01. The second kappa shape index (κ2) is 6.09. The molecule has 1 saturated heterocycles. The van der Waals surface area contributed by atoms with Crippen LogP contribution >= 0.6 is 0 Å². The number of rotatable bonds is 4. The zero-order chi connectivity index (χ0) is 14.7. The predicted octanol–water partition coefficient (Wildman–Crippen LogP) is 2.64. The van der Waals surface area contributed by atoms with E-state index in [0.717, 1.165) is 0 Å². The van der Waals surface area contributed by atoms with Gasteiger partial charge in [0.1, 0.15) is 11.4 Å². The first-order valence-corrected chi connectivity index (χ1v) is 6.94. The number of ether oxygens (including phenoxy) is 1. The summed E-state index contributed by atoms with van der Waals surface area (Å²) in [4.78, 5) is 13.2. The fourth-order valence-electron chi connectivity index (χ4n) is 2.69. The van der Waals surface area contributed by atoms with Crippen LogP contribution in [0.2, 0.25) is 0 Å². The Kier molecular flexibility index (Phi) is 4.44. The molecule has 6 nitrogen and oxygen atoms in total. The molecule has 0 radical (unpaired) electrons. The van der Waals surface area contributed by atoms with Gasteiger partial charge >= 0.3 is 5.69 Å². The molecule has 0 spiro atoms. The summed E-state index contributed by atoms with van der Waals surface area (Å²) in [6.45, 7) is 7.89. The van der Waals surface area contributed by atoms with E-state index in [0.29, 0.717) is 31.0 Å². The van der Waals surface area contributed by atoms with Gasteiger partial charge in [0.2, 0.25) is 0 Å². The minimum atomic E-state index is -0.307. The molecular formula is C14H21N3O3. The summed E-state index contributed by atoms with van der Waals surface area (Å²) in [7, 11) is 0. The zero-order valence-corrected chi connectivity index (χ0v) is 12.1. The molecule has 1 N–H and O–H groups in total. The van der Waals surface area contributed by atoms with Crippen LogP contribution in [-0.2, 0) is 4.74 Å². The monoisotopic (exact) mass is 279 g/mol. The average Bonchev–Trinajstić information content (AvgIpc) is 2.37. The standard InChI is InChI=1S/C14H21N3O3/c1-4-15-12-6-5-7-13(14(12)17(18)19)16-8-10(2)20-11(3)9-16/h5-7,10-11,15H,4,8-9H2,1-3H3. The van der Waals surface area contributed by atoms with E-state index in [4.69, 9.17) is 4.74 Å². The highest BCUT2D eigenvalue weighted by molar-refractivity contribution is 5.77. The number of nitro groups is 1. The lowest BCUT2D eigenvalue weighted by molar-refractivity contribution is -0.383. The van der Waals surface area contributed by atoms with Crippen molar-refractivity contribution < 1.29 is 9.66 Å². The molecule has 2 unspecified atom stereocenters. The van der Waals surface area contributed by atoms with Crippen molar-refractivity contribution >= 4 is 17.1 Å². The summed E-state index contributed by atoms with van der Waals surface area (Å²) < 4.78 is 5.69. The Balaban J connectivity index is 2.39. The van der Waals surface area contributed by atoms with Gasteiger partial charge in [0, 0.05) is 19.6 Å². The van der Waals surface area contributed by atoms with E-state index >= 15 is 0 Å². The SMILES string of the molecule is CCNc1cccc(N2CC(C)OC(C)C2)c1[N+](=O)[O-]. The van der Waals surface area contributed by atoms with Crippen LogP contribution in [0.1, 0.15) is 20.8 Å². The summed E-state index contributed by atoms with van der Waals surface area (Å²) in [5, 5.41) is 14.5. The van der Waals surface area contributed by atoms with Crippen molar-refractivity contribution in [3.63, 3.8) is 0 Å². The second-order valence-electron chi connectivity index (χ2n) is 5.12. The van der Waals surface area contributed by atoms with E-state index in [1.54, 1.807) is 6.07 Å². The van der Waals surface area contributed by atoms with Gasteiger partial charge in [0.25, 0.3) is 0 Å². The second-order valence-corrected chi connectivity index (χ2v) is 5.12. The van der Waals surface area contributed by atoms with Gasteiger partial charge < -0.3 is 15.0 Å². The van der Waals surface area contributed by atoms with Gasteiger partial charge in [0.05, 0.1) is 17.1 Å². The van der Waals surface area contributed by atoms with E-state index in [1.165, 1.54) is 0 Å². The van der Waals surface area contributed by atoms with Crippen molar-refractivity contribution in [2.45, 2.75) is 33.0 Å². The first-order valence-electron chi connectivity index (χ1n) is 6.94. The molecule has 6 heteroatoms. The van der Waals surface area contributed by atoms with E-state index < -0.39 is 0 Å². The van der Waals surface area contributed by atoms with Crippen molar-refractivity contribution in [3.05, 3.63) is 28.3 Å². The molecule has 1 heterocycles. The fraction of sp³-hybridized carbons (Fsp3) is 0.571. The minimum absolute atomic E-state index is 0.0705. The molecule has 1 aromatic rings. The molecule has 0 saturated carbocycles. The molecule has 1 aliphatic rings. The van der Waals surface area contributed by atoms with E-state index in [1.807, 2.05) is 37.8 Å². The molecule has 0 amide bonds. The smallest absolute Gasteiger partial charge is 0.315 e. The number of nitrogens with one attached hydrogen (secondary N) is 1. The molecule has 0 bridgehead atoms. The highest BCUT2D eigenvalue weighted by Crippen LogP contribution is 2.36. The molecule has 20 heavy (non-hydrogen) atoms. The average molecular weight is 279 g/mol. The fourth-order valence-corrected chi connectivity index (χ4v) is 2.69. The molecule has 110 valence electrons. The van der Waals surface area contributed by atoms with Crippen molar-refractivity contribution in [3.8, 4) is 0 Å². The topological polar surface area (TPSA) is 67.6 Å². The van der Waals surface area contributed by atoms with Crippen molar-refractivity contribution in [2.24, 2.45) is 0 Å². The third-order valence-electron chi connectivity index (χ3n) is 3.32. The highest BCUT2D eigenvalue weighted by Gasteiger charge is 2.29. The van der Waals surface area contributed by atoms with Crippen LogP contribution in [0.25, 0.3) is 0 Å². The Bertz CT molecular complexity index is 483. The lowest BCUT2D eigenvalue weighted by Gasteiger charge is -2.36. The molecule has 2 rings (SSSR count). The summed E-state index contributed by atoms with van der Waals surface area (Å²) >= 11 is 0. The van der Waals surface area contributed by atoms with Crippen LogP contribution in [0.4, 0.5) is 17.1 Å². The van der Waals surface area contributed by atoms with Gasteiger partial charge in [-0.1, -0.05) is 6.07 Å². The van der Waals surface area contributed by atoms with Crippen molar-refractivity contribution in [1.82, 2.24) is 0 Å². The Morgan fingerprint density at radius 2 is 2.05 bits per heavy atom. The molecule has 0 aromatic heterocycles. The molecule has 0 aliphatic carbocycles. The number of benzene rings is 1. The van der Waals surface area contributed by atoms with Gasteiger partial charge in [0.15, 0.2) is 0 Å². The Morgan fingerprint density at radius 1 is 1.40 bits per heavy atom. The van der Waals surface area contributed by atoms with Gasteiger partial charge in [-0.2, -0.15) is 0 Å². The number of para-hydroxylation sites is 1. The lowest BCUT2D eigenvalue weighted by atomic mass is 10.1. The van der Waals surface area contributed by atoms with Gasteiger partial charge in [-0.3, -0.25) is 10.1 Å². The number of anilines is 2. The van der Waals surface area contributed by atoms with E-state index in [9.17, 15) is 10.1 Å². The molecule has 2 atom stereocenters. The van der Waals surface area contributed by atoms with Crippen LogP contribution in [0.5, 0.6) is 0 Å². The molecular weight excluding hydrogens is 258 g/mol. The zero-order valence-electron chi connectivity index (χ0n) is 12.1. The molecule has 1 fully saturated rings. The summed E-state index contributed by atoms with van der Waals surface area (Å²) in [6, 6.07) is 5.41. The first-order chi connectivity index (χ1) is 9.52. The number of morpholine rings is 1. The van der Waals surface area contributed by atoms with Crippen LogP contribution in [-0.4, -0.2) is 36.8 Å². The maximum absolute atomic E-state index is 11.4. The minimum Gasteiger partial charge on any atom is -0.380 e. The quantitative estimate of drug-likeness (QED) is 0.678. The first kappa shape index (κ1) is 14.6. The van der Waals surface area contributed by atoms with E-state index in [2.05, 4.69) is 5.32 Å². The van der Waals surface area contributed by atoms with E-state index in [-0.39, 0.29) is 22.8 Å². The number of nitro benzene ring substituents is 1. The summed E-state index contributed by atoms with van der Waals surface area (Å²) in [6.07, 6.45) is 0.141. The van der Waals surface area contributed by atoms with Crippen LogP contribution in [0.15, 0.2) is 18.2 Å². The lowest BCUT2D eigenvalue weighted by Crippen LogP contribution is -2.45. The third-order valence-corrected chi connectivity index (χ3v) is 3.32. The van der Waals surface area contributed by atoms with Crippen LogP contribution in [0.3, 0.4) is 0 Å². The number of hydrogen-bond acceptors (Lipinski definition) is 5.